The molecule has 2 amide bonds. The first kappa shape index (κ1) is 33.1. The maximum Gasteiger partial charge on any atom is 0.490 e. The number of carbonyl (C=O) groups excluding carboxylic acids is 2. The molecule has 15 heteroatoms. The van der Waals surface area contributed by atoms with E-state index in [2.05, 4.69) is 26.6 Å². The Morgan fingerprint density at radius 1 is 1.16 bits per heavy atom. The quantitative estimate of drug-likeness (QED) is 0.293. The highest BCUT2D eigenvalue weighted by atomic mass is 79.9. The van der Waals surface area contributed by atoms with Gasteiger partial charge in [0.2, 0.25) is 5.91 Å². The number of nitrogens with zero attached hydrogens (tertiary/aromatic N) is 1. The van der Waals surface area contributed by atoms with E-state index in [0.717, 1.165) is 20.8 Å². The molecule has 2 atom stereocenters. The first-order valence-electron chi connectivity index (χ1n) is 12.5. The van der Waals surface area contributed by atoms with Crippen LogP contribution in [0.15, 0.2) is 53.0 Å². The summed E-state index contributed by atoms with van der Waals surface area (Å²) < 4.78 is 44.1. The van der Waals surface area contributed by atoms with Gasteiger partial charge in [0, 0.05) is 10.0 Å². The van der Waals surface area contributed by atoms with Crippen molar-refractivity contribution < 1.29 is 52.0 Å². The van der Waals surface area contributed by atoms with Crippen LogP contribution in [0.2, 0.25) is 0 Å². The van der Waals surface area contributed by atoms with Crippen molar-refractivity contribution in [2.75, 3.05) is 25.7 Å². The molecule has 0 saturated heterocycles. The molecule has 4 rings (SSSR count). The number of hydrogen-bond acceptors (Lipinski definition) is 7. The second kappa shape index (κ2) is 13.7. The van der Waals surface area contributed by atoms with Gasteiger partial charge >= 0.3 is 18.1 Å². The minimum Gasteiger partial charge on any atom is -0.496 e. The lowest BCUT2D eigenvalue weighted by atomic mass is 10.0. The number of anilines is 1. The first-order valence-corrected chi connectivity index (χ1v) is 13.3. The third kappa shape index (κ3) is 7.73. The van der Waals surface area contributed by atoms with E-state index in [1.165, 1.54) is 11.0 Å². The van der Waals surface area contributed by atoms with Crippen molar-refractivity contribution in [1.82, 2.24) is 10.6 Å². The molecule has 11 nitrogen and oxygen atoms in total. The lowest BCUT2D eigenvalue weighted by Crippen LogP contribution is -2.53. The van der Waals surface area contributed by atoms with Crippen LogP contribution in [0.3, 0.4) is 0 Å². The van der Waals surface area contributed by atoms with Crippen molar-refractivity contribution in [1.29, 1.82) is 0 Å². The fourth-order valence-electron chi connectivity index (χ4n) is 4.15. The molecule has 4 N–H and O–H groups in total. The number of fused-ring (bicyclic) bond motifs is 2. The molecule has 230 valence electrons. The second-order valence-corrected chi connectivity index (χ2v) is 10.1. The van der Waals surface area contributed by atoms with Gasteiger partial charge in [-0.3, -0.25) is 9.59 Å². The van der Waals surface area contributed by atoms with Gasteiger partial charge in [0.1, 0.15) is 24.0 Å². The van der Waals surface area contributed by atoms with Crippen LogP contribution in [-0.4, -0.2) is 73.0 Å². The number of alkyl halides is 3. The van der Waals surface area contributed by atoms with E-state index < -0.39 is 36.1 Å². The normalized spacial score (nSPS) is 15.3. The van der Waals surface area contributed by atoms with E-state index >= 15 is 0 Å². The highest BCUT2D eigenvalue weighted by Crippen LogP contribution is 2.38. The molecule has 0 radical (unpaired) electrons. The first-order chi connectivity index (χ1) is 20.2. The molecule has 3 aromatic carbocycles. The van der Waals surface area contributed by atoms with Gasteiger partial charge in [-0.15, -0.1) is 0 Å². The van der Waals surface area contributed by atoms with Gasteiger partial charge in [-0.2, -0.15) is 13.2 Å². The molecule has 0 saturated carbocycles. The van der Waals surface area contributed by atoms with Gasteiger partial charge in [-0.1, -0.05) is 34.1 Å². The summed E-state index contributed by atoms with van der Waals surface area (Å²) >= 11 is 3.49. The number of para-hydroxylation sites is 1. The summed E-state index contributed by atoms with van der Waals surface area (Å²) in [4.78, 5) is 48.7. The number of amides is 2. The Morgan fingerprint density at radius 3 is 2.42 bits per heavy atom. The van der Waals surface area contributed by atoms with Crippen LogP contribution < -0.4 is 25.0 Å². The second-order valence-electron chi connectivity index (χ2n) is 9.18. The fourth-order valence-corrected chi connectivity index (χ4v) is 4.53. The predicted molar refractivity (Wildman–Crippen MR) is 152 cm³/mol. The maximum absolute atomic E-state index is 13.8. The van der Waals surface area contributed by atoms with Crippen molar-refractivity contribution in [3.63, 3.8) is 0 Å². The lowest BCUT2D eigenvalue weighted by Gasteiger charge is -2.27. The summed E-state index contributed by atoms with van der Waals surface area (Å²) in [6, 6.07) is 12.6. The number of hydrogen-bond donors (Lipinski definition) is 4. The molecule has 1 heterocycles. The number of rotatable bonds is 7. The molecule has 0 aromatic heterocycles. The fraction of sp³-hybridized carbons (Fsp3) is 0.286. The van der Waals surface area contributed by atoms with Crippen LogP contribution in [0.4, 0.5) is 18.9 Å². The van der Waals surface area contributed by atoms with Crippen molar-refractivity contribution >= 4 is 56.1 Å². The smallest absolute Gasteiger partial charge is 0.490 e. The van der Waals surface area contributed by atoms with E-state index in [9.17, 15) is 32.7 Å². The van der Waals surface area contributed by atoms with Gasteiger partial charge in [-0.25, -0.2) is 9.59 Å². The van der Waals surface area contributed by atoms with Crippen LogP contribution in [0.25, 0.3) is 10.8 Å². The van der Waals surface area contributed by atoms with Crippen LogP contribution in [0.5, 0.6) is 11.5 Å². The molecule has 3 aromatic rings. The van der Waals surface area contributed by atoms with Crippen LogP contribution >= 0.6 is 15.9 Å². The van der Waals surface area contributed by atoms with Crippen LogP contribution in [0.1, 0.15) is 22.8 Å². The van der Waals surface area contributed by atoms with Crippen LogP contribution in [-0.2, 0) is 20.9 Å². The number of likely N-dealkylation sites (N-methyl/N-ethyl adjacent to an activating group) is 1. The number of halogens is 4. The summed E-state index contributed by atoms with van der Waals surface area (Å²) in [5, 5.41) is 24.3. The number of carbonyl (C=O) groups is 4. The molecular formula is C28H27BrF3N3O8. The molecule has 0 bridgehead atoms. The predicted octanol–water partition coefficient (Wildman–Crippen LogP) is 3.96. The van der Waals surface area contributed by atoms with Crippen LogP contribution in [0, 0.1) is 0 Å². The summed E-state index contributed by atoms with van der Waals surface area (Å²) in [6.07, 6.45) is -5.08. The van der Waals surface area contributed by atoms with Gasteiger partial charge in [0.25, 0.3) is 5.91 Å². The van der Waals surface area contributed by atoms with Crippen molar-refractivity contribution in [3.8, 4) is 11.5 Å². The Bertz CT molecular complexity index is 1550. The van der Waals surface area contributed by atoms with Gasteiger partial charge in [0.15, 0.2) is 5.75 Å². The standard InChI is InChI=1S/C26H26BrN3O6.C2HF3O2/c1-14(28-2)24(31)29-20-13-36-23-18(26(33)34)5-4-6-21(23)30(25(20)32)12-19-17-9-8-16(27)11-15(17)7-10-22(19)35-3;3-2(4,5)1(6)7/h4-11,14,20,28H,12-13H2,1-3H3,(H,29,31)(H,33,34);(H,6,7)/t14-,20-;/m0./s1. The Morgan fingerprint density at radius 2 is 1.84 bits per heavy atom. The van der Waals surface area contributed by atoms with E-state index in [4.69, 9.17) is 19.4 Å². The van der Waals surface area contributed by atoms with Gasteiger partial charge < -0.3 is 35.2 Å². The van der Waals surface area contributed by atoms with Crippen molar-refractivity contribution in [2.24, 2.45) is 0 Å². The maximum atomic E-state index is 13.8. The highest BCUT2D eigenvalue weighted by molar-refractivity contribution is 9.10. The number of nitrogens with one attached hydrogen (secondary N) is 2. The Hall–Kier alpha value is -4.37. The van der Waals surface area contributed by atoms with Gasteiger partial charge in [-0.05, 0) is 55.1 Å². The Kier molecular flexibility index (Phi) is 10.6. The van der Waals surface area contributed by atoms with Crippen molar-refractivity contribution in [3.05, 3.63) is 64.1 Å². The minimum absolute atomic E-state index is 0.0639. The van der Waals surface area contributed by atoms with E-state index in [0.29, 0.717) is 11.4 Å². The zero-order chi connectivity index (χ0) is 32.1. The number of ether oxygens (including phenoxy) is 2. The number of benzene rings is 3. The number of aliphatic carboxylic acids is 1. The lowest BCUT2D eigenvalue weighted by molar-refractivity contribution is -0.192. The third-order valence-electron chi connectivity index (χ3n) is 6.45. The van der Waals surface area contributed by atoms with Crippen molar-refractivity contribution in [2.45, 2.75) is 31.7 Å². The molecule has 0 fully saturated rings. The number of aromatic carboxylic acids is 1. The molecule has 1 aliphatic heterocycles. The average Bonchev–Trinajstić information content (AvgIpc) is 3.08. The largest absolute Gasteiger partial charge is 0.496 e. The molecular weight excluding hydrogens is 643 g/mol. The Balaban J connectivity index is 0.000000646. The third-order valence-corrected chi connectivity index (χ3v) is 6.94. The molecule has 0 aliphatic carbocycles. The monoisotopic (exact) mass is 669 g/mol. The topological polar surface area (TPSA) is 154 Å². The zero-order valence-electron chi connectivity index (χ0n) is 23.0. The summed E-state index contributed by atoms with van der Waals surface area (Å²) in [6.45, 7) is 1.52. The molecule has 0 unspecified atom stereocenters. The summed E-state index contributed by atoms with van der Waals surface area (Å²) in [5.41, 5.74) is 0.960. The molecule has 0 spiro atoms. The van der Waals surface area contributed by atoms with E-state index in [-0.39, 0.29) is 30.4 Å². The molecule has 1 aliphatic rings. The molecule has 43 heavy (non-hydrogen) atoms. The SMILES string of the molecule is CN[C@@H](C)C(=O)N[C@H]1COc2c(C(=O)O)cccc2N(Cc2c(OC)ccc3cc(Br)ccc23)C1=O.O=C(O)C(F)(F)F. The van der Waals surface area contributed by atoms with Gasteiger partial charge in [0.05, 0.1) is 25.4 Å². The van der Waals surface area contributed by atoms with E-state index in [1.54, 1.807) is 33.2 Å². The Labute approximate surface area is 251 Å². The van der Waals surface area contributed by atoms with E-state index in [1.807, 2.05) is 30.3 Å². The number of carboxylic acid groups (broad SMARTS) is 2. The number of carboxylic acids is 2. The summed E-state index contributed by atoms with van der Waals surface area (Å²) in [5.74, 6) is -4.10. The highest BCUT2D eigenvalue weighted by Gasteiger charge is 2.38. The zero-order valence-corrected chi connectivity index (χ0v) is 24.6. The number of methoxy groups -OCH3 is 1. The minimum atomic E-state index is -5.08. The average molecular weight is 670 g/mol. The summed E-state index contributed by atoms with van der Waals surface area (Å²) in [7, 11) is 3.19.